The summed E-state index contributed by atoms with van der Waals surface area (Å²) in [7, 11) is -8.98. The number of thiophene rings is 2. The van der Waals surface area contributed by atoms with E-state index in [1.807, 2.05) is 0 Å². The van der Waals surface area contributed by atoms with Crippen molar-refractivity contribution in [2.45, 2.75) is 34.1 Å². The number of urea groups is 1. The molecule has 2 aliphatic carbocycles. The number of halogens is 4. The lowest BCUT2D eigenvalue weighted by Crippen LogP contribution is -2.22. The monoisotopic (exact) mass is 856 g/mol. The van der Waals surface area contributed by atoms with E-state index in [9.17, 15) is 30.7 Å². The smallest absolute Gasteiger partial charge is 0.290 e. The van der Waals surface area contributed by atoms with Crippen molar-refractivity contribution < 1.29 is 30.7 Å². The Bertz CT molecular complexity index is 2550. The lowest BCUT2D eigenvalue weighted by molar-refractivity contribution is 0.262. The number of hydrogen-bond donors (Lipinski definition) is 4. The van der Waals surface area contributed by atoms with Crippen LogP contribution in [-0.4, -0.2) is 51.5 Å². The maximum Gasteiger partial charge on any atom is 0.326 e. The van der Waals surface area contributed by atoms with Gasteiger partial charge in [0.2, 0.25) is 0 Å². The molecular formula is C31H20Cl4N6O7S4. The second kappa shape index (κ2) is 12.8. The highest BCUT2D eigenvalue weighted by molar-refractivity contribution is 7.88. The Morgan fingerprint density at radius 2 is 1.06 bits per heavy atom. The summed E-state index contributed by atoms with van der Waals surface area (Å²) in [6.07, 6.45) is 1.53. The predicted molar refractivity (Wildman–Crippen MR) is 201 cm³/mol. The van der Waals surface area contributed by atoms with Gasteiger partial charge in [0.05, 0.1) is 42.6 Å². The minimum absolute atomic E-state index is 0.165. The zero-order valence-corrected chi connectivity index (χ0v) is 32.1. The summed E-state index contributed by atoms with van der Waals surface area (Å²) < 4.78 is 70.3. The molecule has 0 atom stereocenters. The third-order valence-electron chi connectivity index (χ3n) is 8.51. The molecule has 2 aliphatic rings. The Morgan fingerprint density at radius 1 is 0.654 bits per heavy atom. The van der Waals surface area contributed by atoms with Crippen LogP contribution < -0.4 is 10.6 Å². The van der Waals surface area contributed by atoms with Crippen molar-refractivity contribution in [2.75, 3.05) is 10.6 Å². The van der Waals surface area contributed by atoms with Gasteiger partial charge in [-0.2, -0.15) is 16.8 Å². The molecule has 0 saturated carbocycles. The van der Waals surface area contributed by atoms with Crippen LogP contribution in [0.2, 0.25) is 20.1 Å². The predicted octanol–water partition coefficient (Wildman–Crippen LogP) is 8.46. The number of carbonyl (C=O) groups excluding carboxylic acids is 1. The van der Waals surface area contributed by atoms with Crippen molar-refractivity contribution in [3.8, 4) is 32.5 Å². The molecule has 6 aromatic rings. The normalized spacial score (nSPS) is 13.7. The van der Waals surface area contributed by atoms with Gasteiger partial charge in [-0.15, -0.1) is 32.9 Å². The molecule has 2 amide bonds. The minimum Gasteiger partial charge on any atom is -0.290 e. The van der Waals surface area contributed by atoms with Gasteiger partial charge >= 0.3 is 26.3 Å². The van der Waals surface area contributed by atoms with Gasteiger partial charge in [0, 0.05) is 21.2 Å². The highest BCUT2D eigenvalue weighted by atomic mass is 35.5. The third-order valence-corrected chi connectivity index (χ3v) is 14.6. The first-order chi connectivity index (χ1) is 24.6. The maximum absolute atomic E-state index is 13.8. The first-order valence-corrected chi connectivity index (χ1v) is 21.0. The molecular weight excluding hydrogens is 838 g/mol. The maximum atomic E-state index is 13.8. The molecule has 0 radical (unpaired) electrons. The number of amides is 2. The third kappa shape index (κ3) is 6.21. The Balaban J connectivity index is 1.21. The van der Waals surface area contributed by atoms with Crippen LogP contribution in [0.5, 0.6) is 0 Å². The topological polar surface area (TPSA) is 186 Å². The number of nitrogens with zero attached hydrogens (tertiary/aromatic N) is 4. The van der Waals surface area contributed by atoms with Crippen molar-refractivity contribution in [3.63, 3.8) is 0 Å². The van der Waals surface area contributed by atoms with Crippen LogP contribution in [0.1, 0.15) is 22.3 Å². The molecule has 4 aromatic heterocycles. The molecule has 4 heterocycles. The van der Waals surface area contributed by atoms with Crippen LogP contribution >= 0.6 is 69.1 Å². The summed E-state index contributed by atoms with van der Waals surface area (Å²) >= 11 is 27.2. The van der Waals surface area contributed by atoms with Gasteiger partial charge in [0.15, 0.2) is 11.6 Å². The van der Waals surface area contributed by atoms with Gasteiger partial charge in [-0.3, -0.25) is 19.7 Å². The molecule has 4 N–H and O–H groups in total. The molecule has 13 nitrogen and oxygen atoms in total. The average Bonchev–Trinajstić information content (AvgIpc) is 3.83. The zero-order chi connectivity index (χ0) is 36.9. The van der Waals surface area contributed by atoms with Gasteiger partial charge in [0.25, 0.3) is 0 Å². The average molecular weight is 859 g/mol. The summed E-state index contributed by atoms with van der Waals surface area (Å²) in [5, 5.41) is 16.3. The number of benzene rings is 2. The minimum atomic E-state index is -4.49. The number of aromatic nitrogens is 4. The van der Waals surface area contributed by atoms with Crippen LogP contribution in [0.4, 0.5) is 16.4 Å². The lowest BCUT2D eigenvalue weighted by Gasteiger charge is -2.16. The SMILES string of the molecule is O=C(Nc1nn(-c2ccc(Cl)cc2Cl)c2c1CCc1cc(S(=O)(=O)O)sc1-2)Nc1nn(-c2ccc(Cl)cc2Cl)c2c1CCc1cc(S(=O)(=O)O)sc1-2. The summed E-state index contributed by atoms with van der Waals surface area (Å²) in [5.74, 6) is 0.330. The first kappa shape index (κ1) is 35.5. The second-order valence-electron chi connectivity index (χ2n) is 11.7. The second-order valence-corrected chi connectivity index (χ2v) is 18.8. The van der Waals surface area contributed by atoms with Gasteiger partial charge < -0.3 is 0 Å². The van der Waals surface area contributed by atoms with E-state index in [0.29, 0.717) is 90.5 Å². The molecule has 0 saturated heterocycles. The van der Waals surface area contributed by atoms with E-state index < -0.39 is 26.3 Å². The molecule has 2 aromatic carbocycles. The van der Waals surface area contributed by atoms with Gasteiger partial charge in [-0.25, -0.2) is 14.2 Å². The fraction of sp³-hybridized carbons (Fsp3) is 0.129. The molecule has 52 heavy (non-hydrogen) atoms. The van der Waals surface area contributed by atoms with E-state index in [4.69, 9.17) is 56.6 Å². The molecule has 21 heteroatoms. The molecule has 0 aliphatic heterocycles. The van der Waals surface area contributed by atoms with Crippen molar-refractivity contribution in [1.82, 2.24) is 19.6 Å². The van der Waals surface area contributed by atoms with E-state index in [2.05, 4.69) is 10.6 Å². The van der Waals surface area contributed by atoms with Crippen LogP contribution in [-0.2, 0) is 45.9 Å². The lowest BCUT2D eigenvalue weighted by atomic mass is 9.96. The van der Waals surface area contributed by atoms with Crippen LogP contribution in [0, 0.1) is 0 Å². The summed E-state index contributed by atoms with van der Waals surface area (Å²) in [4.78, 5) is 14.9. The molecule has 8 rings (SSSR count). The van der Waals surface area contributed by atoms with Crippen molar-refractivity contribution in [2.24, 2.45) is 0 Å². The quantitative estimate of drug-likeness (QED) is 0.119. The van der Waals surface area contributed by atoms with Crippen LogP contribution in [0.15, 0.2) is 56.9 Å². The molecule has 0 fully saturated rings. The number of aryl methyl sites for hydroxylation is 2. The molecule has 0 spiro atoms. The van der Waals surface area contributed by atoms with E-state index >= 15 is 0 Å². The zero-order valence-electron chi connectivity index (χ0n) is 25.8. The first-order valence-electron chi connectivity index (χ1n) is 15.0. The molecule has 0 bridgehead atoms. The van der Waals surface area contributed by atoms with E-state index in [0.717, 1.165) is 22.7 Å². The van der Waals surface area contributed by atoms with E-state index in [-0.39, 0.29) is 30.1 Å². The fourth-order valence-electron chi connectivity index (χ4n) is 6.30. The van der Waals surface area contributed by atoms with Crippen molar-refractivity contribution >= 4 is 107 Å². The Morgan fingerprint density at radius 3 is 1.42 bits per heavy atom. The van der Waals surface area contributed by atoms with E-state index in [1.54, 1.807) is 24.3 Å². The fourth-order valence-corrected chi connectivity index (χ4v) is 11.2. The van der Waals surface area contributed by atoms with Gasteiger partial charge in [-0.1, -0.05) is 46.4 Å². The highest BCUT2D eigenvalue weighted by Crippen LogP contribution is 2.47. The van der Waals surface area contributed by atoms with Gasteiger partial charge in [-0.05, 0) is 85.3 Å². The number of hydrogen-bond acceptors (Lipinski definition) is 9. The number of fused-ring (bicyclic) bond motifs is 6. The largest absolute Gasteiger partial charge is 0.326 e. The number of carbonyl (C=O) groups is 1. The van der Waals surface area contributed by atoms with E-state index in [1.165, 1.54) is 33.6 Å². The Labute approximate surface area is 323 Å². The summed E-state index contributed by atoms with van der Waals surface area (Å²) in [5.41, 5.74) is 4.34. The van der Waals surface area contributed by atoms with Crippen molar-refractivity contribution in [3.05, 3.63) is 90.9 Å². The number of nitrogens with one attached hydrogen (secondary N) is 2. The van der Waals surface area contributed by atoms with Gasteiger partial charge in [0.1, 0.15) is 8.42 Å². The number of rotatable bonds is 6. The summed E-state index contributed by atoms with van der Waals surface area (Å²) in [6.45, 7) is 0. The number of anilines is 2. The van der Waals surface area contributed by atoms with Crippen molar-refractivity contribution in [1.29, 1.82) is 0 Å². The highest BCUT2D eigenvalue weighted by Gasteiger charge is 2.34. The van der Waals surface area contributed by atoms with Crippen LogP contribution in [0.25, 0.3) is 32.5 Å². The standard InChI is InChI=1S/C31H20Cl4N6O7S4/c32-15-3-7-21(19(34)11-15)40-25-17(5-1-13-9-23(49-27(13)25)51(43,44)45)29(38-40)36-31(42)37-30-18-6-2-14-10-24(52(46,47)48)50-28(14)26(18)41(39-30)22-8-4-16(33)12-20(22)35/h3-4,7-12H,1-2,5-6H2,(H,43,44,45)(H,46,47,48)(H2,36,37,38,39,42). The molecule has 268 valence electrons. The summed E-state index contributed by atoms with van der Waals surface area (Å²) in [6, 6.07) is 11.7. The molecule has 0 unspecified atom stereocenters. The Hall–Kier alpha value is -3.49. The Kier molecular flexibility index (Phi) is 8.77. The van der Waals surface area contributed by atoms with Crippen LogP contribution in [0.3, 0.4) is 0 Å².